The summed E-state index contributed by atoms with van der Waals surface area (Å²) >= 11 is 0. The van der Waals surface area contributed by atoms with Crippen LogP contribution in [0.5, 0.6) is 0 Å². The lowest BCUT2D eigenvalue weighted by Gasteiger charge is -2.48. The first-order valence-corrected chi connectivity index (χ1v) is 12.1. The van der Waals surface area contributed by atoms with E-state index in [9.17, 15) is 14.0 Å². The number of rotatable bonds is 3. The van der Waals surface area contributed by atoms with E-state index in [0.29, 0.717) is 24.7 Å². The predicted octanol–water partition coefficient (Wildman–Crippen LogP) is 4.37. The van der Waals surface area contributed by atoms with Crippen LogP contribution in [-0.2, 0) is 9.53 Å². The number of carbonyl (C=O) groups is 2. The summed E-state index contributed by atoms with van der Waals surface area (Å²) in [6.45, 7) is 3.59. The summed E-state index contributed by atoms with van der Waals surface area (Å²) in [5.74, 6) is 0.488. The molecule has 174 valence electrons. The van der Waals surface area contributed by atoms with Crippen molar-refractivity contribution in [3.05, 3.63) is 59.9 Å². The number of nitrogens with zero attached hydrogens (tertiary/aromatic N) is 2. The molecule has 0 spiro atoms. The SMILES string of the molecule is O=C(C1CCOCC1)N1CC[C@H]2[C@H](CCCN2C(=O)c2ccc(-c3cccc(F)c3)cc2)C1. The molecule has 3 aliphatic heterocycles. The first kappa shape index (κ1) is 22.1. The molecule has 5 nitrogen and oxygen atoms in total. The summed E-state index contributed by atoms with van der Waals surface area (Å²) in [6, 6.07) is 14.1. The highest BCUT2D eigenvalue weighted by Crippen LogP contribution is 2.33. The van der Waals surface area contributed by atoms with Crippen molar-refractivity contribution in [1.29, 1.82) is 0 Å². The zero-order valence-electron chi connectivity index (χ0n) is 18.9. The predicted molar refractivity (Wildman–Crippen MR) is 124 cm³/mol. The zero-order chi connectivity index (χ0) is 22.8. The Bertz CT molecular complexity index is 1000. The second-order valence-electron chi connectivity index (χ2n) is 9.52. The Morgan fingerprint density at radius 2 is 1.70 bits per heavy atom. The van der Waals surface area contributed by atoms with E-state index in [0.717, 1.165) is 62.9 Å². The number of benzene rings is 2. The summed E-state index contributed by atoms with van der Waals surface area (Å²) in [6.07, 6.45) is 4.50. The van der Waals surface area contributed by atoms with Gasteiger partial charge in [-0.1, -0.05) is 24.3 Å². The minimum absolute atomic E-state index is 0.0553. The van der Waals surface area contributed by atoms with Gasteiger partial charge < -0.3 is 14.5 Å². The maximum atomic E-state index is 13.6. The number of piperidine rings is 2. The molecular formula is C27H31FN2O3. The molecule has 3 fully saturated rings. The number of ether oxygens (including phenoxy) is 1. The molecule has 5 rings (SSSR count). The molecule has 3 saturated heterocycles. The van der Waals surface area contributed by atoms with Gasteiger partial charge in [-0.25, -0.2) is 4.39 Å². The largest absolute Gasteiger partial charge is 0.381 e. The van der Waals surface area contributed by atoms with Gasteiger partial charge in [-0.15, -0.1) is 0 Å². The Kier molecular flexibility index (Phi) is 6.45. The smallest absolute Gasteiger partial charge is 0.254 e. The van der Waals surface area contributed by atoms with Crippen molar-refractivity contribution in [2.75, 3.05) is 32.8 Å². The fourth-order valence-corrected chi connectivity index (χ4v) is 5.70. The van der Waals surface area contributed by atoms with Crippen LogP contribution in [0.3, 0.4) is 0 Å². The van der Waals surface area contributed by atoms with Crippen LogP contribution >= 0.6 is 0 Å². The maximum absolute atomic E-state index is 13.6. The Hall–Kier alpha value is -2.73. The van der Waals surface area contributed by atoms with E-state index in [2.05, 4.69) is 0 Å². The van der Waals surface area contributed by atoms with Crippen LogP contribution in [0.2, 0.25) is 0 Å². The molecule has 3 heterocycles. The van der Waals surface area contributed by atoms with Gasteiger partial charge in [-0.05, 0) is 73.4 Å². The summed E-state index contributed by atoms with van der Waals surface area (Å²) in [7, 11) is 0. The number of carbonyl (C=O) groups excluding carboxylic acids is 2. The first-order valence-electron chi connectivity index (χ1n) is 12.1. The molecule has 0 radical (unpaired) electrons. The maximum Gasteiger partial charge on any atom is 0.254 e. The van der Waals surface area contributed by atoms with E-state index in [4.69, 9.17) is 4.74 Å². The molecule has 2 aromatic rings. The Morgan fingerprint density at radius 1 is 0.909 bits per heavy atom. The normalized spacial score (nSPS) is 23.8. The van der Waals surface area contributed by atoms with E-state index in [1.807, 2.05) is 40.1 Å². The van der Waals surface area contributed by atoms with Gasteiger partial charge in [0.25, 0.3) is 5.91 Å². The standard InChI is InChI=1S/C27H31FN2O3/c28-24-5-1-3-22(17-24)19-6-8-20(9-7-19)27(32)30-13-2-4-23-18-29(14-10-25(23)30)26(31)21-11-15-33-16-12-21/h1,3,5-9,17,21,23,25H,2,4,10-16,18H2/t23-,25+/m1/s1. The Balaban J connectivity index is 1.25. The lowest BCUT2D eigenvalue weighted by Crippen LogP contribution is -2.57. The van der Waals surface area contributed by atoms with Gasteiger partial charge >= 0.3 is 0 Å². The Morgan fingerprint density at radius 3 is 2.45 bits per heavy atom. The van der Waals surface area contributed by atoms with Crippen molar-refractivity contribution in [2.45, 2.75) is 38.1 Å². The molecule has 0 aromatic heterocycles. The molecule has 2 atom stereocenters. The molecule has 0 bridgehead atoms. The molecule has 6 heteroatoms. The average Bonchev–Trinajstić information content (AvgIpc) is 2.88. The fourth-order valence-electron chi connectivity index (χ4n) is 5.70. The molecule has 2 amide bonds. The second kappa shape index (κ2) is 9.64. The summed E-state index contributed by atoms with van der Waals surface area (Å²) in [5, 5.41) is 0. The van der Waals surface area contributed by atoms with Crippen molar-refractivity contribution in [3.8, 4) is 11.1 Å². The number of fused-ring (bicyclic) bond motifs is 1. The average molecular weight is 451 g/mol. The van der Waals surface area contributed by atoms with Gasteiger partial charge in [0, 0.05) is 50.4 Å². The molecule has 0 N–H and O–H groups in total. The number of amides is 2. The quantitative estimate of drug-likeness (QED) is 0.698. The van der Waals surface area contributed by atoms with E-state index < -0.39 is 0 Å². The van der Waals surface area contributed by atoms with Crippen LogP contribution in [0.15, 0.2) is 48.5 Å². The lowest BCUT2D eigenvalue weighted by atomic mass is 9.82. The zero-order valence-corrected chi connectivity index (χ0v) is 18.9. The highest BCUT2D eigenvalue weighted by Gasteiger charge is 2.40. The summed E-state index contributed by atoms with van der Waals surface area (Å²) in [4.78, 5) is 30.5. The molecule has 0 saturated carbocycles. The third-order valence-corrected chi connectivity index (χ3v) is 7.50. The minimum Gasteiger partial charge on any atom is -0.381 e. The molecular weight excluding hydrogens is 419 g/mol. The van der Waals surface area contributed by atoms with Crippen LogP contribution in [0.1, 0.15) is 42.5 Å². The summed E-state index contributed by atoms with van der Waals surface area (Å²) in [5.41, 5.74) is 2.35. The highest BCUT2D eigenvalue weighted by molar-refractivity contribution is 5.95. The van der Waals surface area contributed by atoms with Crippen molar-refractivity contribution in [1.82, 2.24) is 9.80 Å². The number of hydrogen-bond acceptors (Lipinski definition) is 3. The van der Waals surface area contributed by atoms with Gasteiger partial charge in [-0.3, -0.25) is 9.59 Å². The highest BCUT2D eigenvalue weighted by atomic mass is 19.1. The van der Waals surface area contributed by atoms with E-state index in [1.165, 1.54) is 12.1 Å². The van der Waals surface area contributed by atoms with Crippen LogP contribution in [0.4, 0.5) is 4.39 Å². The van der Waals surface area contributed by atoms with Crippen LogP contribution < -0.4 is 0 Å². The van der Waals surface area contributed by atoms with Crippen LogP contribution in [-0.4, -0.2) is 60.5 Å². The first-order chi connectivity index (χ1) is 16.1. The number of likely N-dealkylation sites (tertiary alicyclic amines) is 2. The van der Waals surface area contributed by atoms with Crippen molar-refractivity contribution in [3.63, 3.8) is 0 Å². The van der Waals surface area contributed by atoms with Gasteiger partial charge in [0.2, 0.25) is 5.91 Å². The van der Waals surface area contributed by atoms with Gasteiger partial charge in [0.05, 0.1) is 0 Å². The van der Waals surface area contributed by atoms with E-state index >= 15 is 0 Å². The number of hydrogen-bond donors (Lipinski definition) is 0. The van der Waals surface area contributed by atoms with Crippen LogP contribution in [0, 0.1) is 17.7 Å². The topological polar surface area (TPSA) is 49.9 Å². The lowest BCUT2D eigenvalue weighted by molar-refractivity contribution is -0.141. The molecule has 33 heavy (non-hydrogen) atoms. The van der Waals surface area contributed by atoms with E-state index in [1.54, 1.807) is 6.07 Å². The summed E-state index contributed by atoms with van der Waals surface area (Å²) < 4.78 is 19.0. The van der Waals surface area contributed by atoms with Gasteiger partial charge in [-0.2, -0.15) is 0 Å². The fraction of sp³-hybridized carbons (Fsp3) is 0.481. The van der Waals surface area contributed by atoms with Gasteiger partial charge in [0.1, 0.15) is 5.82 Å². The third kappa shape index (κ3) is 4.67. The number of halogens is 1. The van der Waals surface area contributed by atoms with Crippen LogP contribution in [0.25, 0.3) is 11.1 Å². The molecule has 0 unspecified atom stereocenters. The second-order valence-corrected chi connectivity index (χ2v) is 9.52. The van der Waals surface area contributed by atoms with Gasteiger partial charge in [0.15, 0.2) is 0 Å². The van der Waals surface area contributed by atoms with E-state index in [-0.39, 0.29) is 29.6 Å². The Labute approximate surface area is 194 Å². The van der Waals surface area contributed by atoms with Crippen molar-refractivity contribution >= 4 is 11.8 Å². The van der Waals surface area contributed by atoms with Crippen molar-refractivity contribution in [2.24, 2.45) is 11.8 Å². The van der Waals surface area contributed by atoms with Crippen molar-refractivity contribution < 1.29 is 18.7 Å². The molecule has 0 aliphatic carbocycles. The third-order valence-electron chi connectivity index (χ3n) is 7.50. The molecule has 3 aliphatic rings. The molecule has 2 aromatic carbocycles. The minimum atomic E-state index is -0.270. The monoisotopic (exact) mass is 450 g/mol.